The van der Waals surface area contributed by atoms with Crippen LogP contribution in [0.25, 0.3) is 0 Å². The van der Waals surface area contributed by atoms with Gasteiger partial charge in [-0.15, -0.1) is 0 Å². The standard InChI is InChI=1S/C25H25FN4O4/c1-32-17-6-8-18(9-7-17)34-23-20-16-30(24(31)19-4-2-3-5-21(19)26)11-10-22(20)27-25(28-23)29-12-14-33-15-13-29/h2-9H,10-16H2,1H3. The number of benzene rings is 2. The van der Waals surface area contributed by atoms with E-state index in [1.165, 1.54) is 12.1 Å². The number of amides is 1. The molecule has 0 N–H and O–H groups in total. The lowest BCUT2D eigenvalue weighted by atomic mass is 10.0. The largest absolute Gasteiger partial charge is 0.497 e. The highest BCUT2D eigenvalue weighted by Crippen LogP contribution is 2.33. The predicted octanol–water partition coefficient (Wildman–Crippen LogP) is 3.45. The highest BCUT2D eigenvalue weighted by Gasteiger charge is 2.29. The summed E-state index contributed by atoms with van der Waals surface area (Å²) in [6, 6.07) is 13.2. The van der Waals surface area contributed by atoms with Crippen LogP contribution in [0, 0.1) is 5.82 Å². The first-order chi connectivity index (χ1) is 16.6. The summed E-state index contributed by atoms with van der Waals surface area (Å²) >= 11 is 0. The number of nitrogens with zero attached hydrogens (tertiary/aromatic N) is 4. The third-order valence-corrected chi connectivity index (χ3v) is 5.97. The van der Waals surface area contributed by atoms with Crippen molar-refractivity contribution >= 4 is 11.9 Å². The molecule has 1 aromatic heterocycles. The lowest BCUT2D eigenvalue weighted by Gasteiger charge is -2.32. The number of ether oxygens (including phenoxy) is 3. The third kappa shape index (κ3) is 4.51. The van der Waals surface area contributed by atoms with E-state index in [-0.39, 0.29) is 18.0 Å². The van der Waals surface area contributed by atoms with Crippen LogP contribution >= 0.6 is 0 Å². The van der Waals surface area contributed by atoms with Gasteiger partial charge >= 0.3 is 0 Å². The van der Waals surface area contributed by atoms with E-state index in [4.69, 9.17) is 24.2 Å². The van der Waals surface area contributed by atoms with Crippen molar-refractivity contribution < 1.29 is 23.4 Å². The molecule has 0 spiro atoms. The van der Waals surface area contributed by atoms with Gasteiger partial charge in [-0.1, -0.05) is 12.1 Å². The molecule has 0 unspecified atom stereocenters. The second-order valence-corrected chi connectivity index (χ2v) is 8.09. The fourth-order valence-electron chi connectivity index (χ4n) is 4.09. The molecule has 0 atom stereocenters. The minimum absolute atomic E-state index is 0.0504. The zero-order valence-corrected chi connectivity index (χ0v) is 18.9. The second-order valence-electron chi connectivity index (χ2n) is 8.09. The van der Waals surface area contributed by atoms with Crippen molar-refractivity contribution in [1.29, 1.82) is 0 Å². The minimum Gasteiger partial charge on any atom is -0.497 e. The van der Waals surface area contributed by atoms with Gasteiger partial charge in [-0.2, -0.15) is 4.98 Å². The first kappa shape index (κ1) is 22.1. The molecule has 1 fully saturated rings. The number of fused-ring (bicyclic) bond motifs is 1. The van der Waals surface area contributed by atoms with Crippen molar-refractivity contribution in [3.05, 3.63) is 71.2 Å². The van der Waals surface area contributed by atoms with E-state index in [1.54, 1.807) is 48.4 Å². The Morgan fingerprint density at radius 2 is 1.74 bits per heavy atom. The monoisotopic (exact) mass is 464 g/mol. The predicted molar refractivity (Wildman–Crippen MR) is 123 cm³/mol. The van der Waals surface area contributed by atoms with Gasteiger partial charge in [-0.25, -0.2) is 9.37 Å². The van der Waals surface area contributed by atoms with E-state index in [9.17, 15) is 9.18 Å². The molecule has 5 rings (SSSR count). The lowest BCUT2D eigenvalue weighted by molar-refractivity contribution is 0.0727. The van der Waals surface area contributed by atoms with Crippen LogP contribution in [0.2, 0.25) is 0 Å². The first-order valence-electron chi connectivity index (χ1n) is 11.2. The van der Waals surface area contributed by atoms with Crippen LogP contribution in [0.5, 0.6) is 17.4 Å². The fourth-order valence-corrected chi connectivity index (χ4v) is 4.09. The number of hydrogen-bond donors (Lipinski definition) is 0. The summed E-state index contributed by atoms with van der Waals surface area (Å²) in [7, 11) is 1.60. The molecule has 2 aromatic carbocycles. The number of anilines is 1. The summed E-state index contributed by atoms with van der Waals surface area (Å²) in [6.07, 6.45) is 0.522. The van der Waals surface area contributed by atoms with Crippen molar-refractivity contribution in [1.82, 2.24) is 14.9 Å². The molecular formula is C25H25FN4O4. The van der Waals surface area contributed by atoms with Crippen molar-refractivity contribution in [2.75, 3.05) is 44.9 Å². The summed E-state index contributed by atoms with van der Waals surface area (Å²) in [5.41, 5.74) is 1.61. The molecule has 9 heteroatoms. The Morgan fingerprint density at radius 1 is 1.00 bits per heavy atom. The number of hydrogen-bond acceptors (Lipinski definition) is 7. The number of morpholine rings is 1. The van der Waals surface area contributed by atoms with Crippen molar-refractivity contribution in [2.24, 2.45) is 0 Å². The smallest absolute Gasteiger partial charge is 0.257 e. The Morgan fingerprint density at radius 3 is 2.47 bits per heavy atom. The van der Waals surface area contributed by atoms with Crippen LogP contribution < -0.4 is 14.4 Å². The van der Waals surface area contributed by atoms with Crippen molar-refractivity contribution in [3.63, 3.8) is 0 Å². The van der Waals surface area contributed by atoms with Gasteiger partial charge in [0.2, 0.25) is 11.8 Å². The number of carbonyl (C=O) groups is 1. The normalized spacial score (nSPS) is 15.6. The summed E-state index contributed by atoms with van der Waals surface area (Å²) < 4.78 is 31.1. The fraction of sp³-hybridized carbons (Fsp3) is 0.320. The second kappa shape index (κ2) is 9.64. The van der Waals surface area contributed by atoms with E-state index >= 15 is 0 Å². The quantitative estimate of drug-likeness (QED) is 0.572. The van der Waals surface area contributed by atoms with E-state index in [2.05, 4.69) is 4.90 Å². The molecule has 2 aliphatic heterocycles. The zero-order chi connectivity index (χ0) is 23.5. The molecule has 176 valence electrons. The van der Waals surface area contributed by atoms with Gasteiger partial charge < -0.3 is 24.0 Å². The Hall–Kier alpha value is -3.72. The van der Waals surface area contributed by atoms with Crippen molar-refractivity contribution in [3.8, 4) is 17.4 Å². The molecule has 1 saturated heterocycles. The molecule has 2 aliphatic rings. The molecule has 0 radical (unpaired) electrons. The van der Waals surface area contributed by atoms with E-state index in [1.807, 2.05) is 0 Å². The SMILES string of the molecule is COc1ccc(Oc2nc(N3CCOCC3)nc3c2CN(C(=O)c2ccccc2F)CC3)cc1. The van der Waals surface area contributed by atoms with Gasteiger partial charge in [0.05, 0.1) is 43.7 Å². The summed E-state index contributed by atoms with van der Waals surface area (Å²) in [5.74, 6) is 1.38. The van der Waals surface area contributed by atoms with Gasteiger partial charge in [-0.05, 0) is 36.4 Å². The van der Waals surface area contributed by atoms with Crippen LogP contribution in [0.15, 0.2) is 48.5 Å². The summed E-state index contributed by atoms with van der Waals surface area (Å²) in [4.78, 5) is 26.3. The first-order valence-corrected chi connectivity index (χ1v) is 11.2. The number of rotatable bonds is 5. The topological polar surface area (TPSA) is 77.0 Å². The van der Waals surface area contributed by atoms with Gasteiger partial charge in [0, 0.05) is 26.1 Å². The van der Waals surface area contributed by atoms with Crippen LogP contribution in [0.3, 0.4) is 0 Å². The van der Waals surface area contributed by atoms with Crippen LogP contribution in [-0.2, 0) is 17.7 Å². The average Bonchev–Trinajstić information content (AvgIpc) is 2.89. The van der Waals surface area contributed by atoms with Gasteiger partial charge in [-0.3, -0.25) is 4.79 Å². The molecule has 0 saturated carbocycles. The summed E-state index contributed by atoms with van der Waals surface area (Å²) in [5, 5.41) is 0. The molecular weight excluding hydrogens is 439 g/mol. The van der Waals surface area contributed by atoms with Crippen LogP contribution in [0.4, 0.5) is 10.3 Å². The number of carbonyl (C=O) groups excluding carboxylic acids is 1. The number of aromatic nitrogens is 2. The van der Waals surface area contributed by atoms with Crippen LogP contribution in [0.1, 0.15) is 21.6 Å². The van der Waals surface area contributed by atoms with Gasteiger partial charge in [0.1, 0.15) is 17.3 Å². The molecule has 3 aromatic rings. The molecule has 0 bridgehead atoms. The molecule has 0 aliphatic carbocycles. The van der Waals surface area contributed by atoms with Crippen LogP contribution in [-0.4, -0.2) is 60.7 Å². The Kier molecular flexibility index (Phi) is 6.27. The minimum atomic E-state index is -0.535. The number of halogens is 1. The van der Waals surface area contributed by atoms with Crippen molar-refractivity contribution in [2.45, 2.75) is 13.0 Å². The maximum Gasteiger partial charge on any atom is 0.257 e. The van der Waals surface area contributed by atoms with Gasteiger partial charge in [0.15, 0.2) is 0 Å². The maximum atomic E-state index is 14.3. The van der Waals surface area contributed by atoms with E-state index in [0.29, 0.717) is 62.6 Å². The number of methoxy groups -OCH3 is 1. The van der Waals surface area contributed by atoms with E-state index in [0.717, 1.165) is 11.3 Å². The van der Waals surface area contributed by atoms with E-state index < -0.39 is 5.82 Å². The summed E-state index contributed by atoms with van der Waals surface area (Å²) in [6.45, 7) is 3.27. The third-order valence-electron chi connectivity index (χ3n) is 5.97. The highest BCUT2D eigenvalue weighted by molar-refractivity contribution is 5.94. The lowest BCUT2D eigenvalue weighted by Crippen LogP contribution is -2.39. The average molecular weight is 464 g/mol. The Balaban J connectivity index is 1.48. The maximum absolute atomic E-state index is 14.3. The molecule has 8 nitrogen and oxygen atoms in total. The molecule has 34 heavy (non-hydrogen) atoms. The molecule has 3 heterocycles. The van der Waals surface area contributed by atoms with Gasteiger partial charge in [0.25, 0.3) is 5.91 Å². The Labute approximate surface area is 196 Å². The zero-order valence-electron chi connectivity index (χ0n) is 18.9. The highest BCUT2D eigenvalue weighted by atomic mass is 19.1. The Bertz CT molecular complexity index is 1180. The molecule has 1 amide bonds.